The minimum absolute atomic E-state index is 0.342. The molecule has 0 aromatic carbocycles. The van der Waals surface area contributed by atoms with Crippen molar-refractivity contribution in [3.05, 3.63) is 0 Å². The van der Waals surface area contributed by atoms with Gasteiger partial charge in [-0.3, -0.25) is 9.59 Å². The fourth-order valence-corrected chi connectivity index (χ4v) is 4.45. The molecule has 0 aromatic rings. The quantitative estimate of drug-likeness (QED) is 0.115. The van der Waals surface area contributed by atoms with Crippen LogP contribution in [0.1, 0.15) is 194 Å². The maximum Gasteiger partial charge on any atom is 0.303 e. The summed E-state index contributed by atoms with van der Waals surface area (Å²) in [4.78, 5) is 22.0. The Bertz CT molecular complexity index is 397. The molecule has 0 saturated heterocycles. The first-order valence-electron chi connectivity index (χ1n) is 15.8. The Balaban J connectivity index is 0. The van der Waals surface area contributed by atoms with Gasteiger partial charge >= 0.3 is 5.97 Å². The summed E-state index contributed by atoms with van der Waals surface area (Å²) in [6.07, 6.45) is 32.9. The molecule has 0 aromatic heterocycles. The molecule has 0 fully saturated rings. The molecule has 0 atom stereocenters. The van der Waals surface area contributed by atoms with Gasteiger partial charge in [-0.15, -0.1) is 0 Å². The van der Waals surface area contributed by atoms with Gasteiger partial charge in [0, 0.05) is 19.3 Å². The molecule has 210 valence electrons. The van der Waals surface area contributed by atoms with Gasteiger partial charge in [0.1, 0.15) is 5.78 Å². The number of hydrogen-bond acceptors (Lipinski definition) is 2. The van der Waals surface area contributed by atoms with E-state index in [0.29, 0.717) is 12.2 Å². The summed E-state index contributed by atoms with van der Waals surface area (Å²) in [6, 6.07) is 0. The zero-order valence-electron chi connectivity index (χ0n) is 24.4. The summed E-state index contributed by atoms with van der Waals surface area (Å²) < 4.78 is 0. The number of aliphatic carboxylic acids is 1. The van der Waals surface area contributed by atoms with Crippen LogP contribution >= 0.6 is 0 Å². The molecule has 0 saturated carbocycles. The van der Waals surface area contributed by atoms with Crippen LogP contribution in [0.4, 0.5) is 0 Å². The molecule has 0 aliphatic carbocycles. The molecule has 35 heavy (non-hydrogen) atoms. The van der Waals surface area contributed by atoms with E-state index in [2.05, 4.69) is 20.8 Å². The van der Waals surface area contributed by atoms with Gasteiger partial charge in [-0.2, -0.15) is 0 Å². The second-order valence-corrected chi connectivity index (χ2v) is 10.6. The molecular formula is C32H64O3. The Morgan fingerprint density at radius 1 is 0.371 bits per heavy atom. The third-order valence-electron chi connectivity index (χ3n) is 6.86. The van der Waals surface area contributed by atoms with Crippen molar-refractivity contribution in [1.29, 1.82) is 0 Å². The van der Waals surface area contributed by atoms with Gasteiger partial charge in [0.05, 0.1) is 0 Å². The molecule has 3 heteroatoms. The van der Waals surface area contributed by atoms with Gasteiger partial charge in [0.25, 0.3) is 0 Å². The highest BCUT2D eigenvalue weighted by atomic mass is 16.4. The van der Waals surface area contributed by atoms with Gasteiger partial charge in [-0.25, -0.2) is 0 Å². The maximum absolute atomic E-state index is 11.8. The second-order valence-electron chi connectivity index (χ2n) is 10.6. The Labute approximate surface area is 220 Å². The van der Waals surface area contributed by atoms with Crippen molar-refractivity contribution in [3.63, 3.8) is 0 Å². The van der Waals surface area contributed by atoms with Gasteiger partial charge in [0.15, 0.2) is 0 Å². The first kappa shape index (κ1) is 36.3. The Morgan fingerprint density at radius 2 is 0.600 bits per heavy atom. The number of carbonyl (C=O) groups excluding carboxylic acids is 1. The Morgan fingerprint density at radius 3 is 0.857 bits per heavy atom. The zero-order valence-corrected chi connectivity index (χ0v) is 24.4. The van der Waals surface area contributed by atoms with Gasteiger partial charge < -0.3 is 5.11 Å². The molecule has 0 amide bonds. The molecule has 0 spiro atoms. The van der Waals surface area contributed by atoms with Crippen molar-refractivity contribution in [2.75, 3.05) is 0 Å². The Kier molecular flexibility index (Phi) is 34.4. The van der Waals surface area contributed by atoms with Gasteiger partial charge in [0.2, 0.25) is 0 Å². The van der Waals surface area contributed by atoms with E-state index >= 15 is 0 Å². The van der Waals surface area contributed by atoms with E-state index in [9.17, 15) is 9.59 Å². The molecule has 0 radical (unpaired) electrons. The van der Waals surface area contributed by atoms with Crippen molar-refractivity contribution in [2.45, 2.75) is 194 Å². The smallest absolute Gasteiger partial charge is 0.303 e. The average Bonchev–Trinajstić information content (AvgIpc) is 2.84. The van der Waals surface area contributed by atoms with Crippen LogP contribution in [0.25, 0.3) is 0 Å². The molecule has 0 rings (SSSR count). The number of unbranched alkanes of at least 4 members (excludes halogenated alkanes) is 21. The standard InChI is InChI=1S/C21H42O.C11H22O2/c1-3-5-7-9-11-13-15-17-19-21(22)20-18-16-14-12-10-8-6-4-2;1-2-3-4-5-6-7-8-9-10-11(12)13/h3-20H2,1-2H3;2-10H2,1H3,(H,12,13). The predicted octanol–water partition coefficient (Wildman–Crippen LogP) is 11.2. The minimum atomic E-state index is -0.661. The summed E-state index contributed by atoms with van der Waals surface area (Å²) >= 11 is 0. The average molecular weight is 497 g/mol. The molecule has 0 aliphatic heterocycles. The van der Waals surface area contributed by atoms with Crippen LogP contribution < -0.4 is 0 Å². The van der Waals surface area contributed by atoms with E-state index in [1.165, 1.54) is 128 Å². The molecule has 0 bridgehead atoms. The van der Waals surface area contributed by atoms with Crippen LogP contribution in [-0.4, -0.2) is 16.9 Å². The number of ketones is 1. The van der Waals surface area contributed by atoms with Crippen LogP contribution in [0, 0.1) is 0 Å². The minimum Gasteiger partial charge on any atom is -0.481 e. The maximum atomic E-state index is 11.8. The molecule has 3 nitrogen and oxygen atoms in total. The van der Waals surface area contributed by atoms with E-state index in [0.717, 1.165) is 38.5 Å². The number of hydrogen-bond donors (Lipinski definition) is 1. The monoisotopic (exact) mass is 496 g/mol. The number of Topliss-reactive ketones (excluding diaryl/α,β-unsaturated/α-hetero) is 1. The zero-order chi connectivity index (χ0) is 26.2. The van der Waals surface area contributed by atoms with Crippen molar-refractivity contribution in [2.24, 2.45) is 0 Å². The van der Waals surface area contributed by atoms with Crippen LogP contribution in [-0.2, 0) is 9.59 Å². The van der Waals surface area contributed by atoms with E-state index in [1.807, 2.05) is 0 Å². The normalized spacial score (nSPS) is 10.7. The molecule has 0 heterocycles. The summed E-state index contributed by atoms with van der Waals surface area (Å²) in [5, 5.41) is 8.39. The highest BCUT2D eigenvalue weighted by Crippen LogP contribution is 2.13. The molecular weight excluding hydrogens is 432 g/mol. The third kappa shape index (κ3) is 37.8. The van der Waals surface area contributed by atoms with E-state index in [4.69, 9.17) is 5.11 Å². The van der Waals surface area contributed by atoms with Crippen molar-refractivity contribution < 1.29 is 14.7 Å². The van der Waals surface area contributed by atoms with Crippen molar-refractivity contribution in [1.82, 2.24) is 0 Å². The summed E-state index contributed by atoms with van der Waals surface area (Å²) in [6.45, 7) is 6.74. The highest BCUT2D eigenvalue weighted by Gasteiger charge is 2.02. The fourth-order valence-electron chi connectivity index (χ4n) is 4.45. The topological polar surface area (TPSA) is 54.4 Å². The van der Waals surface area contributed by atoms with Gasteiger partial charge in [-0.05, 0) is 19.3 Å². The van der Waals surface area contributed by atoms with Gasteiger partial charge in [-0.1, -0.05) is 156 Å². The van der Waals surface area contributed by atoms with E-state index in [-0.39, 0.29) is 0 Å². The van der Waals surface area contributed by atoms with Crippen LogP contribution in [0.5, 0.6) is 0 Å². The molecule has 0 unspecified atom stereocenters. The SMILES string of the molecule is CCCCCCCCCCC(=O)CCCCCCCCCC.CCCCCCCCCCC(=O)O. The van der Waals surface area contributed by atoms with E-state index in [1.54, 1.807) is 0 Å². The lowest BCUT2D eigenvalue weighted by Crippen LogP contribution is -1.97. The number of carboxylic acids is 1. The second kappa shape index (κ2) is 33.1. The van der Waals surface area contributed by atoms with Crippen molar-refractivity contribution in [3.8, 4) is 0 Å². The first-order chi connectivity index (χ1) is 17.1. The molecule has 0 aliphatic rings. The number of carboxylic acid groups (broad SMARTS) is 1. The highest BCUT2D eigenvalue weighted by molar-refractivity contribution is 5.78. The predicted molar refractivity (Wildman–Crippen MR) is 154 cm³/mol. The lowest BCUT2D eigenvalue weighted by atomic mass is 10.0. The number of rotatable bonds is 27. The largest absolute Gasteiger partial charge is 0.481 e. The lowest BCUT2D eigenvalue weighted by Gasteiger charge is -2.03. The third-order valence-corrected chi connectivity index (χ3v) is 6.86. The number of carbonyl (C=O) groups is 2. The van der Waals surface area contributed by atoms with Crippen LogP contribution in [0.15, 0.2) is 0 Å². The van der Waals surface area contributed by atoms with Crippen LogP contribution in [0.2, 0.25) is 0 Å². The summed E-state index contributed by atoms with van der Waals surface area (Å²) in [7, 11) is 0. The van der Waals surface area contributed by atoms with Crippen LogP contribution in [0.3, 0.4) is 0 Å². The van der Waals surface area contributed by atoms with Crippen molar-refractivity contribution >= 4 is 11.8 Å². The summed E-state index contributed by atoms with van der Waals surface area (Å²) in [5.41, 5.74) is 0. The Hall–Kier alpha value is -0.860. The van der Waals surface area contributed by atoms with E-state index < -0.39 is 5.97 Å². The molecule has 1 N–H and O–H groups in total. The summed E-state index contributed by atoms with van der Waals surface area (Å²) in [5.74, 6) is -0.150. The fraction of sp³-hybridized carbons (Fsp3) is 0.938. The first-order valence-corrected chi connectivity index (χ1v) is 15.8. The lowest BCUT2D eigenvalue weighted by molar-refractivity contribution is -0.137.